The first-order valence-electron chi connectivity index (χ1n) is 9.54. The van der Waals surface area contributed by atoms with Crippen LogP contribution in [0.5, 0.6) is 0 Å². The zero-order valence-electron chi connectivity index (χ0n) is 15.8. The van der Waals surface area contributed by atoms with Gasteiger partial charge in [-0.1, -0.05) is 41.6 Å². The van der Waals surface area contributed by atoms with Crippen molar-refractivity contribution in [1.29, 1.82) is 0 Å². The first-order chi connectivity index (χ1) is 14.3. The number of pyridine rings is 1. The van der Waals surface area contributed by atoms with E-state index in [1.165, 1.54) is 5.56 Å². The third-order valence-corrected chi connectivity index (χ3v) is 4.82. The molecule has 1 unspecified atom stereocenters. The Balaban J connectivity index is 1.31. The van der Waals surface area contributed by atoms with Gasteiger partial charge in [-0.2, -0.15) is 10.1 Å². The van der Waals surface area contributed by atoms with Gasteiger partial charge in [-0.15, -0.1) is 0 Å². The second kappa shape index (κ2) is 7.94. The fourth-order valence-electron chi connectivity index (χ4n) is 3.39. The number of hydrogen-bond acceptors (Lipinski definition) is 7. The monoisotopic (exact) mass is 388 g/mol. The molecule has 0 N–H and O–H groups in total. The minimum atomic E-state index is -0.223. The van der Waals surface area contributed by atoms with Gasteiger partial charge in [0.25, 0.3) is 5.89 Å². The first kappa shape index (κ1) is 17.7. The largest absolute Gasteiger partial charge is 0.367 e. The third kappa shape index (κ3) is 3.94. The Hall–Kier alpha value is -3.36. The summed E-state index contributed by atoms with van der Waals surface area (Å²) >= 11 is 0. The molecule has 29 heavy (non-hydrogen) atoms. The molecule has 3 aromatic heterocycles. The molecule has 1 aliphatic rings. The zero-order valence-corrected chi connectivity index (χ0v) is 15.8. The lowest BCUT2D eigenvalue weighted by molar-refractivity contribution is -0.0380. The Labute approximate surface area is 167 Å². The highest BCUT2D eigenvalue weighted by Crippen LogP contribution is 2.24. The molecule has 8 heteroatoms. The van der Waals surface area contributed by atoms with Gasteiger partial charge in [0.2, 0.25) is 5.82 Å². The van der Waals surface area contributed by atoms with Gasteiger partial charge in [0.05, 0.1) is 6.61 Å². The Morgan fingerprint density at radius 3 is 2.79 bits per heavy atom. The van der Waals surface area contributed by atoms with E-state index in [1.807, 2.05) is 36.5 Å². The molecule has 4 aromatic rings. The van der Waals surface area contributed by atoms with Crippen molar-refractivity contribution >= 4 is 0 Å². The molecule has 1 aliphatic heterocycles. The van der Waals surface area contributed by atoms with Gasteiger partial charge in [-0.3, -0.25) is 4.90 Å². The van der Waals surface area contributed by atoms with E-state index in [9.17, 15) is 0 Å². The molecular weight excluding hydrogens is 368 g/mol. The summed E-state index contributed by atoms with van der Waals surface area (Å²) in [4.78, 5) is 11.5. The van der Waals surface area contributed by atoms with Crippen LogP contribution < -0.4 is 0 Å². The van der Waals surface area contributed by atoms with Crippen LogP contribution in [0.3, 0.4) is 0 Å². The minimum absolute atomic E-state index is 0.223. The Morgan fingerprint density at radius 2 is 1.93 bits per heavy atom. The van der Waals surface area contributed by atoms with Gasteiger partial charge in [-0.25, -0.2) is 9.67 Å². The molecule has 1 fully saturated rings. The van der Waals surface area contributed by atoms with E-state index in [0.717, 1.165) is 13.1 Å². The second-order valence-electron chi connectivity index (χ2n) is 6.87. The number of nitrogens with zero attached hydrogens (tertiary/aromatic N) is 6. The van der Waals surface area contributed by atoms with Crippen molar-refractivity contribution in [3.8, 4) is 17.4 Å². The maximum absolute atomic E-state index is 5.90. The standard InChI is InChI=1S/C21H20N6O2/c1-2-6-16(7-3-1)14-26-12-13-28-18(15-26)20-24-21(29-25-20)17-8-4-9-19(23-17)27-11-5-10-22-27/h1-11,18H,12-15H2. The molecule has 1 saturated heterocycles. The van der Waals surface area contributed by atoms with Crippen molar-refractivity contribution in [3.05, 3.63) is 78.4 Å². The zero-order chi connectivity index (χ0) is 19.5. The Kier molecular flexibility index (Phi) is 4.85. The number of benzene rings is 1. The van der Waals surface area contributed by atoms with Gasteiger partial charge in [0.15, 0.2) is 5.82 Å². The second-order valence-corrected chi connectivity index (χ2v) is 6.87. The average Bonchev–Trinajstić information content (AvgIpc) is 3.47. The summed E-state index contributed by atoms with van der Waals surface area (Å²) in [7, 11) is 0. The lowest BCUT2D eigenvalue weighted by Crippen LogP contribution is -2.38. The van der Waals surface area contributed by atoms with Gasteiger partial charge in [-0.05, 0) is 23.8 Å². The van der Waals surface area contributed by atoms with Crippen LogP contribution in [0.25, 0.3) is 17.4 Å². The van der Waals surface area contributed by atoms with Gasteiger partial charge < -0.3 is 9.26 Å². The first-order valence-corrected chi connectivity index (χ1v) is 9.54. The van der Waals surface area contributed by atoms with E-state index >= 15 is 0 Å². The highest BCUT2D eigenvalue weighted by molar-refractivity contribution is 5.48. The van der Waals surface area contributed by atoms with Crippen molar-refractivity contribution in [3.63, 3.8) is 0 Å². The molecular formula is C21H20N6O2. The van der Waals surface area contributed by atoms with Crippen molar-refractivity contribution in [1.82, 2.24) is 29.8 Å². The summed E-state index contributed by atoms with van der Waals surface area (Å²) in [5.74, 6) is 1.61. The number of rotatable bonds is 5. The molecule has 5 rings (SSSR count). The Bertz CT molecular complexity index is 1060. The van der Waals surface area contributed by atoms with Crippen LogP contribution in [0.2, 0.25) is 0 Å². The Morgan fingerprint density at radius 1 is 1.00 bits per heavy atom. The molecule has 0 saturated carbocycles. The van der Waals surface area contributed by atoms with E-state index in [2.05, 4.69) is 49.4 Å². The van der Waals surface area contributed by atoms with Crippen LogP contribution in [0, 0.1) is 0 Å². The fourth-order valence-corrected chi connectivity index (χ4v) is 3.39. The molecule has 1 atom stereocenters. The smallest absolute Gasteiger partial charge is 0.276 e. The number of ether oxygens (including phenoxy) is 1. The third-order valence-electron chi connectivity index (χ3n) is 4.82. The quantitative estimate of drug-likeness (QED) is 0.520. The summed E-state index contributed by atoms with van der Waals surface area (Å²) in [6.07, 6.45) is 3.32. The lowest BCUT2D eigenvalue weighted by Gasteiger charge is -2.31. The maximum Gasteiger partial charge on any atom is 0.276 e. The van der Waals surface area contributed by atoms with Crippen molar-refractivity contribution in [2.45, 2.75) is 12.6 Å². The SMILES string of the molecule is c1ccc(CN2CCOC(c3noc(-c4cccc(-n5cccn5)n4)n3)C2)cc1. The molecule has 1 aromatic carbocycles. The van der Waals surface area contributed by atoms with E-state index < -0.39 is 0 Å². The molecule has 0 spiro atoms. The molecule has 0 radical (unpaired) electrons. The lowest BCUT2D eigenvalue weighted by atomic mass is 10.2. The van der Waals surface area contributed by atoms with E-state index in [0.29, 0.717) is 36.4 Å². The van der Waals surface area contributed by atoms with Gasteiger partial charge >= 0.3 is 0 Å². The number of hydrogen-bond donors (Lipinski definition) is 0. The summed E-state index contributed by atoms with van der Waals surface area (Å²) in [6, 6.07) is 17.9. The maximum atomic E-state index is 5.90. The van der Waals surface area contributed by atoms with Crippen LogP contribution >= 0.6 is 0 Å². The average molecular weight is 388 g/mol. The molecule has 0 bridgehead atoms. The highest BCUT2D eigenvalue weighted by Gasteiger charge is 2.26. The summed E-state index contributed by atoms with van der Waals surface area (Å²) in [5.41, 5.74) is 1.88. The van der Waals surface area contributed by atoms with Crippen LogP contribution in [-0.4, -0.2) is 49.5 Å². The fraction of sp³-hybridized carbons (Fsp3) is 0.238. The topological polar surface area (TPSA) is 82.1 Å². The molecule has 4 heterocycles. The van der Waals surface area contributed by atoms with Crippen LogP contribution in [-0.2, 0) is 11.3 Å². The molecule has 0 aliphatic carbocycles. The van der Waals surface area contributed by atoms with Crippen LogP contribution in [0.4, 0.5) is 0 Å². The number of morpholine rings is 1. The molecule has 0 amide bonds. The normalized spacial score (nSPS) is 17.4. The summed E-state index contributed by atoms with van der Waals surface area (Å²) in [6.45, 7) is 3.10. The summed E-state index contributed by atoms with van der Waals surface area (Å²) < 4.78 is 13.1. The number of aromatic nitrogens is 5. The predicted octanol–water partition coefficient (Wildman–Crippen LogP) is 2.89. The molecule has 146 valence electrons. The predicted molar refractivity (Wildman–Crippen MR) is 105 cm³/mol. The van der Waals surface area contributed by atoms with E-state index in [4.69, 9.17) is 9.26 Å². The molecule has 8 nitrogen and oxygen atoms in total. The van der Waals surface area contributed by atoms with E-state index in [-0.39, 0.29) is 6.10 Å². The van der Waals surface area contributed by atoms with Crippen molar-refractivity contribution in [2.75, 3.05) is 19.7 Å². The van der Waals surface area contributed by atoms with Crippen LogP contribution in [0.15, 0.2) is 71.5 Å². The minimum Gasteiger partial charge on any atom is -0.367 e. The van der Waals surface area contributed by atoms with Crippen molar-refractivity contribution in [2.24, 2.45) is 0 Å². The van der Waals surface area contributed by atoms with E-state index in [1.54, 1.807) is 10.9 Å². The van der Waals surface area contributed by atoms with Gasteiger partial charge in [0.1, 0.15) is 11.8 Å². The highest BCUT2D eigenvalue weighted by atomic mass is 16.5. The summed E-state index contributed by atoms with van der Waals surface area (Å²) in [5, 5.41) is 8.35. The van der Waals surface area contributed by atoms with Gasteiger partial charge in [0, 0.05) is 32.0 Å². The van der Waals surface area contributed by atoms with Crippen molar-refractivity contribution < 1.29 is 9.26 Å². The van der Waals surface area contributed by atoms with Crippen LogP contribution in [0.1, 0.15) is 17.5 Å².